The van der Waals surface area contributed by atoms with Gasteiger partial charge in [0.15, 0.2) is 18.7 Å². The highest BCUT2D eigenvalue weighted by Gasteiger charge is 2.54. The van der Waals surface area contributed by atoms with Crippen molar-refractivity contribution in [3.05, 3.63) is 60.2 Å². The fourth-order valence-electron chi connectivity index (χ4n) is 4.77. The van der Waals surface area contributed by atoms with Crippen molar-refractivity contribution in [1.29, 1.82) is 0 Å². The monoisotopic (exact) mass is 574 g/mol. The van der Waals surface area contributed by atoms with E-state index < -0.39 is 67.2 Å². The number of nitrogens with zero attached hydrogens (tertiary/aromatic N) is 6. The normalized spacial score (nSPS) is 32.3. The van der Waals surface area contributed by atoms with Gasteiger partial charge < -0.3 is 45.7 Å². The van der Waals surface area contributed by atoms with E-state index >= 15 is 0 Å². The quantitative estimate of drug-likeness (QED) is 0.208. The summed E-state index contributed by atoms with van der Waals surface area (Å²) >= 11 is 0. The maximum absolute atomic E-state index is 11.2. The second kappa shape index (κ2) is 12.0. The number of ether oxygens (including phenoxy) is 4. The summed E-state index contributed by atoms with van der Waals surface area (Å²) in [5.41, 5.74) is 11.1. The Labute approximate surface area is 232 Å². The van der Waals surface area contributed by atoms with Gasteiger partial charge in [-0.1, -0.05) is 37.3 Å². The molecule has 2 aromatic heterocycles. The van der Waals surface area contributed by atoms with E-state index in [0.717, 1.165) is 5.56 Å². The third-order valence-corrected chi connectivity index (χ3v) is 6.82. The van der Waals surface area contributed by atoms with E-state index in [9.17, 15) is 24.9 Å². The Bertz CT molecular complexity index is 1350. The van der Waals surface area contributed by atoms with E-state index in [2.05, 4.69) is 20.2 Å². The Morgan fingerprint density at radius 3 is 1.90 bits per heavy atom. The highest BCUT2D eigenvalue weighted by molar-refractivity contribution is 5.88. The van der Waals surface area contributed by atoms with Gasteiger partial charge >= 0.3 is 0 Å². The third-order valence-electron chi connectivity index (χ3n) is 6.82. The minimum absolute atomic E-state index is 0.110. The Kier molecular flexibility index (Phi) is 8.36. The molecule has 0 spiro atoms. The van der Waals surface area contributed by atoms with E-state index in [1.54, 1.807) is 0 Å². The Balaban J connectivity index is 0.000000175. The minimum atomic E-state index is -1.11. The van der Waals surface area contributed by atoms with Crippen molar-refractivity contribution in [1.82, 2.24) is 29.5 Å². The molecule has 3 aliphatic heterocycles. The maximum atomic E-state index is 11.2. The molecule has 2 amide bonds. The summed E-state index contributed by atoms with van der Waals surface area (Å²) < 4.78 is 25.6. The molecule has 3 aliphatic rings. The van der Waals surface area contributed by atoms with Crippen molar-refractivity contribution >= 4 is 11.8 Å². The lowest BCUT2D eigenvalue weighted by atomic mass is 10.1. The highest BCUT2D eigenvalue weighted by atomic mass is 16.8. The standard InChI is InChI=1S/C15H16N4O5.C9H14N4O4/c16-12(21)13-17-7-19(18-13)14-11-10(9(6-20)22-14)23-15(24-11)8-4-2-1-3-5-8;1-2-4-5(14)6(15)9(17-4)13-3-11-8(12-13)7(10)16/h1-5,7,9-11,14-15,20H,6H2,(H2,16,21);3-6,9,14-15H,2H2,1H3,(H2,10,16)/t9-,10?,11?,14-,15?;4-,5-,6-,9-/m11/s1. The van der Waals surface area contributed by atoms with Crippen molar-refractivity contribution < 1.29 is 43.9 Å². The van der Waals surface area contributed by atoms with E-state index in [-0.39, 0.29) is 18.3 Å². The zero-order chi connectivity index (χ0) is 29.3. The van der Waals surface area contributed by atoms with Crippen LogP contribution >= 0.6 is 0 Å². The van der Waals surface area contributed by atoms with E-state index in [4.69, 9.17) is 30.4 Å². The summed E-state index contributed by atoms with van der Waals surface area (Å²) in [7, 11) is 0. The van der Waals surface area contributed by atoms with Crippen LogP contribution in [0.4, 0.5) is 0 Å². The molecule has 17 heteroatoms. The fourth-order valence-corrected chi connectivity index (χ4v) is 4.77. The Hall–Kier alpha value is -3.84. The van der Waals surface area contributed by atoms with Crippen molar-refractivity contribution in [2.45, 2.75) is 68.7 Å². The summed E-state index contributed by atoms with van der Waals surface area (Å²) in [5, 5.41) is 36.8. The molecule has 5 heterocycles. The van der Waals surface area contributed by atoms with Crippen molar-refractivity contribution in [2.75, 3.05) is 6.61 Å². The first-order chi connectivity index (χ1) is 19.7. The van der Waals surface area contributed by atoms with Gasteiger partial charge in [0.25, 0.3) is 11.8 Å². The van der Waals surface area contributed by atoms with Crippen LogP contribution in [0, 0.1) is 0 Å². The van der Waals surface area contributed by atoms with Crippen LogP contribution in [0.5, 0.6) is 0 Å². The average molecular weight is 575 g/mol. The summed E-state index contributed by atoms with van der Waals surface area (Å²) in [5.74, 6) is -1.76. The number of aliphatic hydroxyl groups excluding tert-OH is 3. The highest BCUT2D eigenvalue weighted by Crippen LogP contribution is 2.43. The van der Waals surface area contributed by atoms with Crippen molar-refractivity contribution in [2.24, 2.45) is 11.5 Å². The lowest BCUT2D eigenvalue weighted by molar-refractivity contribution is -0.156. The van der Waals surface area contributed by atoms with Gasteiger partial charge in [0.2, 0.25) is 11.6 Å². The van der Waals surface area contributed by atoms with Gasteiger partial charge in [0.1, 0.15) is 43.2 Å². The number of carbonyl (C=O) groups is 2. The summed E-state index contributed by atoms with van der Waals surface area (Å²) in [6.07, 6.45) is -2.98. The molecule has 1 aromatic carbocycles. The van der Waals surface area contributed by atoms with Gasteiger partial charge in [0, 0.05) is 5.56 Å². The largest absolute Gasteiger partial charge is 0.394 e. The second-order valence-corrected chi connectivity index (χ2v) is 9.47. The summed E-state index contributed by atoms with van der Waals surface area (Å²) in [4.78, 5) is 29.5. The molecule has 9 atom stereocenters. The van der Waals surface area contributed by atoms with E-state index in [0.29, 0.717) is 6.42 Å². The number of hydrogen-bond donors (Lipinski definition) is 5. The van der Waals surface area contributed by atoms with Crippen LogP contribution in [-0.4, -0.2) is 99.9 Å². The van der Waals surface area contributed by atoms with Crippen molar-refractivity contribution in [3.8, 4) is 0 Å². The van der Waals surface area contributed by atoms with Gasteiger partial charge in [-0.2, -0.15) is 0 Å². The van der Waals surface area contributed by atoms with Gasteiger partial charge in [-0.3, -0.25) is 9.59 Å². The van der Waals surface area contributed by atoms with Crippen LogP contribution in [-0.2, 0) is 18.9 Å². The summed E-state index contributed by atoms with van der Waals surface area (Å²) in [6, 6.07) is 9.49. The van der Waals surface area contributed by atoms with Crippen LogP contribution in [0.1, 0.15) is 58.9 Å². The molecule has 7 N–H and O–H groups in total. The molecule has 3 saturated heterocycles. The molecule has 0 bridgehead atoms. The van der Waals surface area contributed by atoms with E-state index in [1.807, 2.05) is 37.3 Å². The van der Waals surface area contributed by atoms with Crippen LogP contribution < -0.4 is 11.5 Å². The first kappa shape index (κ1) is 28.7. The molecule has 3 fully saturated rings. The smallest absolute Gasteiger partial charge is 0.288 e. The number of hydrogen-bond acceptors (Lipinski definition) is 13. The number of rotatable bonds is 7. The topological polar surface area (TPSA) is 245 Å². The van der Waals surface area contributed by atoms with Crippen molar-refractivity contribution in [3.63, 3.8) is 0 Å². The van der Waals surface area contributed by atoms with Crippen LogP contribution in [0.3, 0.4) is 0 Å². The number of primary amides is 2. The number of carbonyl (C=O) groups excluding carboxylic acids is 2. The molecule has 220 valence electrons. The molecule has 41 heavy (non-hydrogen) atoms. The van der Waals surface area contributed by atoms with Crippen LogP contribution in [0.2, 0.25) is 0 Å². The fraction of sp³-hybridized carbons (Fsp3) is 0.500. The predicted octanol–water partition coefficient (Wildman–Crippen LogP) is -1.84. The minimum Gasteiger partial charge on any atom is -0.394 e. The Morgan fingerprint density at radius 2 is 1.39 bits per heavy atom. The number of fused-ring (bicyclic) bond motifs is 1. The third kappa shape index (κ3) is 5.68. The molecular weight excluding hydrogens is 544 g/mol. The van der Waals surface area contributed by atoms with Crippen LogP contribution in [0.25, 0.3) is 0 Å². The molecule has 0 saturated carbocycles. The lowest BCUT2D eigenvalue weighted by Crippen LogP contribution is -2.31. The zero-order valence-electron chi connectivity index (χ0n) is 21.8. The average Bonchev–Trinajstić information content (AvgIpc) is 3.79. The zero-order valence-corrected chi connectivity index (χ0v) is 21.8. The predicted molar refractivity (Wildman–Crippen MR) is 133 cm³/mol. The Morgan fingerprint density at radius 1 is 0.829 bits per heavy atom. The molecule has 17 nitrogen and oxygen atoms in total. The number of aromatic nitrogens is 6. The second-order valence-electron chi connectivity index (χ2n) is 9.47. The number of nitrogens with two attached hydrogens (primary N) is 2. The number of amides is 2. The number of aliphatic hydroxyl groups is 3. The van der Waals surface area contributed by atoms with E-state index in [1.165, 1.54) is 22.0 Å². The van der Waals surface area contributed by atoms with Gasteiger partial charge in [0.05, 0.1) is 12.7 Å². The first-order valence-electron chi connectivity index (χ1n) is 12.8. The maximum Gasteiger partial charge on any atom is 0.288 e. The van der Waals surface area contributed by atoms with Crippen LogP contribution in [0.15, 0.2) is 43.0 Å². The molecule has 0 radical (unpaired) electrons. The molecule has 0 aliphatic carbocycles. The molecule has 3 aromatic rings. The lowest BCUT2D eigenvalue weighted by Gasteiger charge is -2.19. The number of benzene rings is 1. The molecular formula is C24H30N8O9. The first-order valence-corrected chi connectivity index (χ1v) is 12.8. The van der Waals surface area contributed by atoms with Gasteiger partial charge in [-0.15, -0.1) is 10.2 Å². The molecule has 6 rings (SSSR count). The van der Waals surface area contributed by atoms with Gasteiger partial charge in [-0.25, -0.2) is 19.3 Å². The molecule has 3 unspecified atom stereocenters. The van der Waals surface area contributed by atoms with Gasteiger partial charge in [-0.05, 0) is 6.42 Å². The summed E-state index contributed by atoms with van der Waals surface area (Å²) in [6.45, 7) is 1.61. The SMILES string of the molecule is CC[C@H]1O[C@@H](n2cnc(C(N)=O)n2)[C@H](O)[C@@H]1O.NC(=O)c1ncn([C@@H]2O[C@H](CO)C3OC(c4ccccc4)OC32)n1.